The standard InChI is InChI=1S/C23H32N4O2S/c1-17(28)27-13-10-21-22(16-27)30-23(24-21)18-5-7-20(8-6-18)29-14-4-11-26-12-9-19(15-26)25(2)3/h5-8,19H,4,9-16H2,1-3H3. The molecular formula is C23H32N4O2S. The average Bonchev–Trinajstić information content (AvgIpc) is 3.38. The molecule has 1 aromatic carbocycles. The summed E-state index contributed by atoms with van der Waals surface area (Å²) in [5.41, 5.74) is 2.26. The van der Waals surface area contributed by atoms with Gasteiger partial charge in [0, 0.05) is 49.5 Å². The van der Waals surface area contributed by atoms with Gasteiger partial charge in [0.1, 0.15) is 10.8 Å². The number of fused-ring (bicyclic) bond motifs is 1. The fourth-order valence-electron chi connectivity index (χ4n) is 4.20. The Hall–Kier alpha value is -1.96. The maximum absolute atomic E-state index is 11.6. The molecule has 2 aliphatic rings. The Morgan fingerprint density at radius 3 is 2.77 bits per heavy atom. The maximum Gasteiger partial charge on any atom is 0.219 e. The summed E-state index contributed by atoms with van der Waals surface area (Å²) in [6.45, 7) is 7.31. The molecule has 7 heteroatoms. The van der Waals surface area contributed by atoms with Crippen molar-refractivity contribution in [1.29, 1.82) is 0 Å². The van der Waals surface area contributed by atoms with Gasteiger partial charge in [-0.25, -0.2) is 4.98 Å². The number of aromatic nitrogens is 1. The fourth-order valence-corrected chi connectivity index (χ4v) is 5.33. The number of amides is 1. The number of benzene rings is 1. The van der Waals surface area contributed by atoms with Crippen LogP contribution in [0.25, 0.3) is 10.6 Å². The first-order valence-corrected chi connectivity index (χ1v) is 11.7. The number of hydrogen-bond acceptors (Lipinski definition) is 6. The van der Waals surface area contributed by atoms with Crippen LogP contribution in [0, 0.1) is 0 Å². The third kappa shape index (κ3) is 5.02. The molecule has 1 amide bonds. The summed E-state index contributed by atoms with van der Waals surface area (Å²) < 4.78 is 5.95. The minimum absolute atomic E-state index is 0.138. The van der Waals surface area contributed by atoms with Crippen molar-refractivity contribution in [3.05, 3.63) is 34.8 Å². The molecule has 1 fully saturated rings. The molecule has 0 radical (unpaired) electrons. The Bertz CT molecular complexity index is 865. The summed E-state index contributed by atoms with van der Waals surface area (Å²) in [7, 11) is 4.34. The molecular weight excluding hydrogens is 396 g/mol. The number of carbonyl (C=O) groups is 1. The van der Waals surface area contributed by atoms with Crippen LogP contribution in [-0.4, -0.2) is 78.5 Å². The van der Waals surface area contributed by atoms with Gasteiger partial charge in [-0.3, -0.25) is 4.79 Å². The van der Waals surface area contributed by atoms with Crippen molar-refractivity contribution < 1.29 is 9.53 Å². The Morgan fingerprint density at radius 2 is 2.07 bits per heavy atom. The van der Waals surface area contributed by atoms with Crippen LogP contribution < -0.4 is 4.74 Å². The van der Waals surface area contributed by atoms with Gasteiger partial charge in [-0.2, -0.15) is 0 Å². The molecule has 1 unspecified atom stereocenters. The summed E-state index contributed by atoms with van der Waals surface area (Å²) in [5, 5.41) is 1.03. The van der Waals surface area contributed by atoms with Crippen LogP contribution in [0.1, 0.15) is 30.3 Å². The lowest BCUT2D eigenvalue weighted by atomic mass is 10.2. The van der Waals surface area contributed by atoms with Gasteiger partial charge in [-0.05, 0) is 57.7 Å². The fraction of sp³-hybridized carbons (Fsp3) is 0.565. The number of carbonyl (C=O) groups excluding carboxylic acids is 1. The van der Waals surface area contributed by atoms with Gasteiger partial charge >= 0.3 is 0 Å². The van der Waals surface area contributed by atoms with E-state index in [9.17, 15) is 4.79 Å². The molecule has 0 N–H and O–H groups in total. The van der Waals surface area contributed by atoms with Crippen molar-refractivity contribution in [1.82, 2.24) is 19.7 Å². The van der Waals surface area contributed by atoms with E-state index in [2.05, 4.69) is 36.0 Å². The smallest absolute Gasteiger partial charge is 0.219 e. The molecule has 1 aromatic heterocycles. The van der Waals surface area contributed by atoms with Crippen molar-refractivity contribution in [3.63, 3.8) is 0 Å². The van der Waals surface area contributed by atoms with E-state index >= 15 is 0 Å². The molecule has 1 saturated heterocycles. The van der Waals surface area contributed by atoms with E-state index in [4.69, 9.17) is 9.72 Å². The van der Waals surface area contributed by atoms with E-state index in [1.165, 1.54) is 24.4 Å². The van der Waals surface area contributed by atoms with Crippen LogP contribution in [0.5, 0.6) is 5.75 Å². The number of thiazole rings is 1. The van der Waals surface area contributed by atoms with Gasteiger partial charge in [0.05, 0.1) is 18.8 Å². The highest BCUT2D eigenvalue weighted by atomic mass is 32.1. The molecule has 3 heterocycles. The highest BCUT2D eigenvalue weighted by Gasteiger charge is 2.24. The van der Waals surface area contributed by atoms with Crippen LogP contribution in [0.4, 0.5) is 0 Å². The topological polar surface area (TPSA) is 48.9 Å². The van der Waals surface area contributed by atoms with Gasteiger partial charge in [0.2, 0.25) is 5.91 Å². The first kappa shape index (κ1) is 21.3. The van der Waals surface area contributed by atoms with Gasteiger partial charge in [0.25, 0.3) is 0 Å². The first-order valence-electron chi connectivity index (χ1n) is 10.9. The molecule has 2 aliphatic heterocycles. The summed E-state index contributed by atoms with van der Waals surface area (Å²) >= 11 is 1.70. The number of ether oxygens (including phenoxy) is 1. The van der Waals surface area contributed by atoms with Crippen molar-refractivity contribution in [2.45, 2.75) is 38.8 Å². The number of hydrogen-bond donors (Lipinski definition) is 0. The number of likely N-dealkylation sites (tertiary alicyclic amines) is 1. The Morgan fingerprint density at radius 1 is 1.27 bits per heavy atom. The predicted molar refractivity (Wildman–Crippen MR) is 121 cm³/mol. The normalized spacial score (nSPS) is 19.3. The lowest BCUT2D eigenvalue weighted by Gasteiger charge is -2.24. The summed E-state index contributed by atoms with van der Waals surface area (Å²) in [5.74, 6) is 1.05. The van der Waals surface area contributed by atoms with E-state index in [-0.39, 0.29) is 5.91 Å². The second-order valence-corrected chi connectivity index (χ2v) is 9.60. The second-order valence-electron chi connectivity index (χ2n) is 8.51. The van der Waals surface area contributed by atoms with Crippen molar-refractivity contribution in [2.24, 2.45) is 0 Å². The zero-order chi connectivity index (χ0) is 21.1. The second kappa shape index (κ2) is 9.45. The summed E-state index contributed by atoms with van der Waals surface area (Å²) in [4.78, 5) is 24.4. The Labute approximate surface area is 183 Å². The summed E-state index contributed by atoms with van der Waals surface area (Å²) in [6.07, 6.45) is 3.16. The Kier molecular flexibility index (Phi) is 6.71. The largest absolute Gasteiger partial charge is 0.494 e. The number of rotatable bonds is 7. The van der Waals surface area contributed by atoms with Crippen LogP contribution in [0.2, 0.25) is 0 Å². The molecule has 6 nitrogen and oxygen atoms in total. The van der Waals surface area contributed by atoms with Crippen molar-refractivity contribution in [3.8, 4) is 16.3 Å². The highest BCUT2D eigenvalue weighted by Crippen LogP contribution is 2.32. The quantitative estimate of drug-likeness (QED) is 0.634. The molecule has 0 saturated carbocycles. The maximum atomic E-state index is 11.6. The minimum Gasteiger partial charge on any atom is -0.494 e. The molecule has 0 aliphatic carbocycles. The summed E-state index contributed by atoms with van der Waals surface area (Å²) in [6, 6.07) is 8.94. The van der Waals surface area contributed by atoms with Crippen molar-refractivity contribution >= 4 is 17.2 Å². The lowest BCUT2D eigenvalue weighted by molar-refractivity contribution is -0.129. The third-order valence-electron chi connectivity index (χ3n) is 6.14. The van der Waals surface area contributed by atoms with Gasteiger partial charge < -0.3 is 19.4 Å². The third-order valence-corrected chi connectivity index (χ3v) is 7.27. The van der Waals surface area contributed by atoms with Crippen LogP contribution in [0.15, 0.2) is 24.3 Å². The van der Waals surface area contributed by atoms with E-state index in [0.29, 0.717) is 12.6 Å². The van der Waals surface area contributed by atoms with Gasteiger partial charge in [-0.15, -0.1) is 11.3 Å². The molecule has 30 heavy (non-hydrogen) atoms. The molecule has 4 rings (SSSR count). The predicted octanol–water partition coefficient (Wildman–Crippen LogP) is 3.12. The Balaban J connectivity index is 1.25. The van der Waals surface area contributed by atoms with E-state index in [1.807, 2.05) is 17.0 Å². The number of likely N-dealkylation sites (N-methyl/N-ethyl adjacent to an activating group) is 1. The van der Waals surface area contributed by atoms with Crippen molar-refractivity contribution in [2.75, 3.05) is 46.9 Å². The van der Waals surface area contributed by atoms with Gasteiger partial charge in [0.15, 0.2) is 0 Å². The molecule has 0 bridgehead atoms. The first-order chi connectivity index (χ1) is 14.5. The van der Waals surface area contributed by atoms with Crippen LogP contribution in [0.3, 0.4) is 0 Å². The molecule has 0 spiro atoms. The molecule has 1 atom stereocenters. The van der Waals surface area contributed by atoms with E-state index in [1.54, 1.807) is 18.3 Å². The van der Waals surface area contributed by atoms with Crippen LogP contribution in [-0.2, 0) is 17.8 Å². The van der Waals surface area contributed by atoms with Gasteiger partial charge in [-0.1, -0.05) is 0 Å². The molecule has 2 aromatic rings. The average molecular weight is 429 g/mol. The monoisotopic (exact) mass is 428 g/mol. The highest BCUT2D eigenvalue weighted by molar-refractivity contribution is 7.15. The molecule has 162 valence electrons. The van der Waals surface area contributed by atoms with E-state index < -0.39 is 0 Å². The van der Waals surface area contributed by atoms with Crippen LogP contribution >= 0.6 is 11.3 Å². The zero-order valence-corrected chi connectivity index (χ0v) is 19.1. The number of nitrogens with zero attached hydrogens (tertiary/aromatic N) is 4. The minimum atomic E-state index is 0.138. The SMILES string of the molecule is CC(=O)N1CCc2nc(-c3ccc(OCCCN4CCC(N(C)C)C4)cc3)sc2C1. The van der Waals surface area contributed by atoms with E-state index in [0.717, 1.165) is 54.6 Å². The zero-order valence-electron chi connectivity index (χ0n) is 18.3. The lowest BCUT2D eigenvalue weighted by Crippen LogP contribution is -2.33.